The average Bonchev–Trinajstić information content (AvgIpc) is 3.54. The van der Waals surface area contributed by atoms with E-state index in [4.69, 9.17) is 14.2 Å². The average molecular weight is 599 g/mol. The van der Waals surface area contributed by atoms with Crippen LogP contribution in [0.15, 0.2) is 66.9 Å². The highest BCUT2D eigenvalue weighted by molar-refractivity contribution is 5.99. The molecule has 1 atom stereocenters. The molecule has 3 aromatic rings. The number of nitrogens with one attached hydrogen (secondary N) is 1. The summed E-state index contributed by atoms with van der Waals surface area (Å²) in [7, 11) is 1.63. The number of hydrogen-bond acceptors (Lipinski definition) is 7. The summed E-state index contributed by atoms with van der Waals surface area (Å²) < 4.78 is 17.8. The summed E-state index contributed by atoms with van der Waals surface area (Å²) in [6.45, 7) is 3.89. The number of fused-ring (bicyclic) bond motifs is 3. The fourth-order valence-electron chi connectivity index (χ4n) is 6.66. The Labute approximate surface area is 259 Å². The first-order valence-corrected chi connectivity index (χ1v) is 15.8. The lowest BCUT2D eigenvalue weighted by Crippen LogP contribution is -2.45. The van der Waals surface area contributed by atoms with Gasteiger partial charge in [-0.1, -0.05) is 18.6 Å². The fraction of sp³-hybridized carbons (Fsp3) is 0.457. The van der Waals surface area contributed by atoms with E-state index in [2.05, 4.69) is 10.3 Å². The van der Waals surface area contributed by atoms with Crippen molar-refractivity contribution in [1.82, 2.24) is 14.8 Å². The van der Waals surface area contributed by atoms with Gasteiger partial charge in [-0.25, -0.2) is 4.98 Å². The molecule has 1 spiro atoms. The molecule has 1 N–H and O–H groups in total. The number of carbonyl (C=O) groups is 2. The minimum absolute atomic E-state index is 0.0310. The molecule has 2 bridgehead atoms. The highest BCUT2D eigenvalue weighted by Crippen LogP contribution is 2.38. The molecule has 2 amide bonds. The van der Waals surface area contributed by atoms with Crippen LogP contribution in [0, 0.1) is 5.41 Å². The quantitative estimate of drug-likeness (QED) is 0.397. The number of rotatable bonds is 4. The summed E-state index contributed by atoms with van der Waals surface area (Å²) in [5, 5.41) is 3.30. The molecule has 0 radical (unpaired) electrons. The number of methoxy groups -OCH3 is 1. The van der Waals surface area contributed by atoms with Crippen LogP contribution in [0.25, 0.3) is 0 Å². The van der Waals surface area contributed by atoms with Gasteiger partial charge in [-0.15, -0.1) is 0 Å². The van der Waals surface area contributed by atoms with E-state index < -0.39 is 0 Å². The van der Waals surface area contributed by atoms with Crippen molar-refractivity contribution in [2.75, 3.05) is 51.9 Å². The second-order valence-electron chi connectivity index (χ2n) is 12.2. The minimum Gasteiger partial charge on any atom is -0.497 e. The number of carbonyl (C=O) groups excluding carboxylic acids is 2. The standard InChI is InChI=1S/C35H42N4O5/c1-42-29-11-5-9-27(23-29)37-32-31(13-6-17-36-32)34(41)38-19-15-35(16-20-38)14-2-3-21-43-24-28-10-7-18-39(28)33(40)26-8-4-12-30(22-26)44-25-35/h4-6,8-9,11-13,17,22-23,28H,2-3,7,10,14-16,18-21,24-25H2,1H3,(H,36,37)/t28-/m0/s1. The van der Waals surface area contributed by atoms with Crippen LogP contribution < -0.4 is 14.8 Å². The molecule has 2 fully saturated rings. The smallest absolute Gasteiger partial charge is 0.257 e. The molecule has 2 aromatic carbocycles. The first kappa shape index (κ1) is 29.9. The highest BCUT2D eigenvalue weighted by atomic mass is 16.5. The van der Waals surface area contributed by atoms with E-state index in [9.17, 15) is 9.59 Å². The number of likely N-dealkylation sites (tertiary alicyclic amines) is 1. The van der Waals surface area contributed by atoms with Crippen molar-refractivity contribution in [2.24, 2.45) is 5.41 Å². The zero-order chi connectivity index (χ0) is 30.4. The van der Waals surface area contributed by atoms with Crippen LogP contribution in [0.2, 0.25) is 0 Å². The molecule has 1 aromatic heterocycles. The first-order valence-electron chi connectivity index (χ1n) is 15.8. The largest absolute Gasteiger partial charge is 0.497 e. The lowest BCUT2D eigenvalue weighted by atomic mass is 9.75. The Morgan fingerprint density at radius 3 is 2.73 bits per heavy atom. The summed E-state index contributed by atoms with van der Waals surface area (Å²) in [5.74, 6) is 1.99. The number of ether oxygens (including phenoxy) is 3. The molecule has 9 nitrogen and oxygen atoms in total. The number of benzene rings is 2. The Bertz CT molecular complexity index is 1450. The molecule has 0 aliphatic carbocycles. The van der Waals surface area contributed by atoms with Crippen molar-refractivity contribution in [1.29, 1.82) is 0 Å². The van der Waals surface area contributed by atoms with E-state index in [1.807, 2.05) is 64.4 Å². The Kier molecular flexibility index (Phi) is 9.31. The number of hydrogen-bond donors (Lipinski definition) is 1. The van der Waals surface area contributed by atoms with Gasteiger partial charge in [0.1, 0.15) is 17.3 Å². The van der Waals surface area contributed by atoms with Crippen molar-refractivity contribution in [3.8, 4) is 11.5 Å². The zero-order valence-corrected chi connectivity index (χ0v) is 25.5. The monoisotopic (exact) mass is 598 g/mol. The number of aromatic nitrogens is 1. The van der Waals surface area contributed by atoms with Crippen LogP contribution in [0.5, 0.6) is 11.5 Å². The van der Waals surface area contributed by atoms with Gasteiger partial charge in [0.25, 0.3) is 11.8 Å². The van der Waals surface area contributed by atoms with Gasteiger partial charge in [0, 0.05) is 55.2 Å². The van der Waals surface area contributed by atoms with Crippen molar-refractivity contribution in [2.45, 2.75) is 51.0 Å². The van der Waals surface area contributed by atoms with Gasteiger partial charge in [-0.2, -0.15) is 0 Å². The lowest BCUT2D eigenvalue weighted by molar-refractivity contribution is 0.0332. The summed E-state index contributed by atoms with van der Waals surface area (Å²) in [6, 6.07) is 18.9. The highest BCUT2D eigenvalue weighted by Gasteiger charge is 2.37. The normalized spacial score (nSPS) is 20.7. The minimum atomic E-state index is -0.0619. The van der Waals surface area contributed by atoms with Crippen LogP contribution >= 0.6 is 0 Å². The second kappa shape index (κ2) is 13.7. The van der Waals surface area contributed by atoms with Gasteiger partial charge in [-0.3, -0.25) is 9.59 Å². The van der Waals surface area contributed by atoms with Crippen LogP contribution in [0.1, 0.15) is 65.7 Å². The molecule has 3 aliphatic rings. The number of nitrogens with zero attached hydrogens (tertiary/aromatic N) is 3. The molecular weight excluding hydrogens is 556 g/mol. The van der Waals surface area contributed by atoms with E-state index in [1.54, 1.807) is 19.4 Å². The SMILES string of the molecule is COc1cccc(Nc2ncccc2C(=O)N2CCC3(CCCCOC[C@@H]4CCCN4C(=O)c4cccc(c4)OC3)CC2)c1. The van der Waals surface area contributed by atoms with Gasteiger partial charge in [0.15, 0.2) is 0 Å². The van der Waals surface area contributed by atoms with Crippen LogP contribution in [0.4, 0.5) is 11.5 Å². The van der Waals surface area contributed by atoms with E-state index in [0.717, 1.165) is 68.7 Å². The van der Waals surface area contributed by atoms with Gasteiger partial charge in [0.2, 0.25) is 0 Å². The fourth-order valence-corrected chi connectivity index (χ4v) is 6.66. The van der Waals surface area contributed by atoms with E-state index in [-0.39, 0.29) is 23.3 Å². The third kappa shape index (κ3) is 6.83. The molecule has 6 rings (SSSR count). The third-order valence-corrected chi connectivity index (χ3v) is 9.30. The summed E-state index contributed by atoms with van der Waals surface area (Å²) >= 11 is 0. The van der Waals surface area contributed by atoms with Crippen molar-refractivity contribution in [3.63, 3.8) is 0 Å². The maximum Gasteiger partial charge on any atom is 0.257 e. The number of pyridine rings is 1. The van der Waals surface area contributed by atoms with Crippen molar-refractivity contribution < 1.29 is 23.8 Å². The van der Waals surface area contributed by atoms with Crippen LogP contribution in [0.3, 0.4) is 0 Å². The van der Waals surface area contributed by atoms with Crippen LogP contribution in [-0.2, 0) is 4.74 Å². The molecule has 3 aliphatic heterocycles. The maximum absolute atomic E-state index is 13.8. The van der Waals surface area contributed by atoms with Crippen molar-refractivity contribution >= 4 is 23.3 Å². The Morgan fingerprint density at radius 2 is 1.86 bits per heavy atom. The molecule has 2 saturated heterocycles. The maximum atomic E-state index is 13.8. The molecule has 9 heteroatoms. The predicted octanol–water partition coefficient (Wildman–Crippen LogP) is 5.94. The summed E-state index contributed by atoms with van der Waals surface area (Å²) in [4.78, 5) is 35.5. The number of amides is 2. The van der Waals surface area contributed by atoms with Gasteiger partial charge >= 0.3 is 0 Å². The van der Waals surface area contributed by atoms with E-state index in [0.29, 0.717) is 49.9 Å². The van der Waals surface area contributed by atoms with E-state index >= 15 is 0 Å². The van der Waals surface area contributed by atoms with Gasteiger partial charge in [-0.05, 0) is 81.0 Å². The van der Waals surface area contributed by atoms with Gasteiger partial charge < -0.3 is 29.3 Å². The third-order valence-electron chi connectivity index (χ3n) is 9.30. The van der Waals surface area contributed by atoms with Gasteiger partial charge in [0.05, 0.1) is 31.9 Å². The first-order chi connectivity index (χ1) is 21.5. The topological polar surface area (TPSA) is 93.2 Å². The molecule has 232 valence electrons. The molecule has 4 heterocycles. The Balaban J connectivity index is 1.14. The van der Waals surface area contributed by atoms with Crippen molar-refractivity contribution in [3.05, 3.63) is 78.0 Å². The van der Waals surface area contributed by atoms with Crippen LogP contribution in [-0.4, -0.2) is 79.2 Å². The molecule has 0 unspecified atom stereocenters. The summed E-state index contributed by atoms with van der Waals surface area (Å²) in [6.07, 6.45) is 8.36. The number of anilines is 2. The predicted molar refractivity (Wildman–Crippen MR) is 169 cm³/mol. The summed E-state index contributed by atoms with van der Waals surface area (Å²) in [5.41, 5.74) is 1.95. The lowest BCUT2D eigenvalue weighted by Gasteiger charge is -2.42. The molecule has 44 heavy (non-hydrogen) atoms. The Morgan fingerprint density at radius 1 is 1.00 bits per heavy atom. The Hall–Kier alpha value is -4.11. The van der Waals surface area contributed by atoms with E-state index in [1.165, 1.54) is 0 Å². The molecule has 0 saturated carbocycles. The second-order valence-corrected chi connectivity index (χ2v) is 12.2. The zero-order valence-electron chi connectivity index (χ0n) is 25.5. The number of piperidine rings is 1. The molecular formula is C35H42N4O5.